The lowest BCUT2D eigenvalue weighted by molar-refractivity contribution is -0.137. The number of carboxylic acid groups (broad SMARTS) is 1. The second-order valence-electron chi connectivity index (χ2n) is 18.3. The van der Waals surface area contributed by atoms with Gasteiger partial charge in [-0.25, -0.2) is 4.79 Å². The van der Waals surface area contributed by atoms with E-state index in [0.29, 0.717) is 66.8 Å². The minimum atomic E-state index is -1.11. The number of halogens is 1. The Morgan fingerprint density at radius 1 is 0.787 bits per heavy atom. The van der Waals surface area contributed by atoms with Gasteiger partial charge in [0.2, 0.25) is 11.8 Å². The Balaban J connectivity index is 0.752. The molecule has 3 aliphatic rings. The van der Waals surface area contributed by atoms with E-state index in [1.54, 1.807) is 28.0 Å². The lowest BCUT2D eigenvalue weighted by Crippen LogP contribution is -2.52. The van der Waals surface area contributed by atoms with Crippen molar-refractivity contribution >= 4 is 108 Å². The largest absolute Gasteiger partial charge is 0.465 e. The summed E-state index contributed by atoms with van der Waals surface area (Å²) in [6, 6.07) is 17.8. The maximum Gasteiger partial charge on any atom is 0.407 e. The fourth-order valence-corrected chi connectivity index (χ4v) is 11.1. The lowest BCUT2D eigenvalue weighted by atomic mass is 9.92. The van der Waals surface area contributed by atoms with Gasteiger partial charge < -0.3 is 54.5 Å². The molecule has 5 N–H and O–H groups in total. The third kappa shape index (κ3) is 12.0. The molecule has 0 radical (unpaired) electrons. The first-order chi connectivity index (χ1) is 36.4. The van der Waals surface area contributed by atoms with Crippen LogP contribution in [0.1, 0.15) is 62.5 Å². The van der Waals surface area contributed by atoms with E-state index in [9.17, 15) is 38.7 Å². The normalized spacial score (nSPS) is 16.5. The summed E-state index contributed by atoms with van der Waals surface area (Å²) < 4.78 is 23.2. The standard InChI is InChI=1S/C53H57ClN8O12S/c1-32-31-75-50-37(27-42-49(48(32)50)35(28-54)29-62(42)52(68)41-26-34-24-36(6-7-39(34)58-41)56-51(67)40-25-33-4-2-3-5-38(33)57-40)43-30-59(14-15-60(43)53(69)70)45(64)11-16-71-18-20-73-22-23-74-21-19-72-17-12-55-44(63)10-13-61-46(65)8-9-47(61)66/h2-9,24-27,31,35,43,57-58H,10-23,28-30H2,1H3,(H,55,63)(H,56,67)(H,69,70)/t35-,43?/m1/s1. The number of hydrogen-bond acceptors (Lipinski definition) is 12. The van der Waals surface area contributed by atoms with E-state index >= 15 is 0 Å². The number of H-pyrrole nitrogens is 2. The fraction of sp³-hybridized carbons (Fsp3) is 0.377. The number of ether oxygens (including phenoxy) is 4. The van der Waals surface area contributed by atoms with Crippen molar-refractivity contribution in [3.63, 3.8) is 0 Å². The van der Waals surface area contributed by atoms with Crippen molar-refractivity contribution < 1.29 is 57.6 Å². The predicted molar refractivity (Wildman–Crippen MR) is 282 cm³/mol. The molecule has 0 aliphatic carbocycles. The van der Waals surface area contributed by atoms with E-state index in [1.165, 1.54) is 28.4 Å². The molecule has 22 heteroatoms. The second kappa shape index (κ2) is 24.0. The van der Waals surface area contributed by atoms with Crippen LogP contribution in [0.3, 0.4) is 0 Å². The van der Waals surface area contributed by atoms with Crippen LogP contribution in [0.5, 0.6) is 0 Å². The van der Waals surface area contributed by atoms with Gasteiger partial charge in [-0.3, -0.25) is 38.6 Å². The monoisotopic (exact) mass is 1060 g/mol. The van der Waals surface area contributed by atoms with Gasteiger partial charge in [-0.15, -0.1) is 22.9 Å². The molecule has 75 heavy (non-hydrogen) atoms. The van der Waals surface area contributed by atoms with Crippen molar-refractivity contribution in [1.82, 2.24) is 30.0 Å². The van der Waals surface area contributed by atoms with Crippen LogP contribution in [0.15, 0.2) is 78.2 Å². The van der Waals surface area contributed by atoms with Crippen molar-refractivity contribution in [3.8, 4) is 0 Å². The smallest absolute Gasteiger partial charge is 0.407 e. The summed E-state index contributed by atoms with van der Waals surface area (Å²) in [7, 11) is 0. The summed E-state index contributed by atoms with van der Waals surface area (Å²) in [6.45, 7) is 5.28. The van der Waals surface area contributed by atoms with Gasteiger partial charge in [0, 0.05) is 113 Å². The van der Waals surface area contributed by atoms with Crippen LogP contribution in [-0.4, -0.2) is 169 Å². The molecule has 7 amide bonds. The molecule has 6 aromatic rings. The molecule has 0 spiro atoms. The maximum atomic E-state index is 14.6. The Morgan fingerprint density at radius 3 is 2.19 bits per heavy atom. The number of fused-ring (bicyclic) bond motifs is 5. The van der Waals surface area contributed by atoms with E-state index in [2.05, 4.69) is 20.6 Å². The Hall–Kier alpha value is -7.14. The van der Waals surface area contributed by atoms with E-state index in [4.69, 9.17) is 30.5 Å². The quantitative estimate of drug-likeness (QED) is 0.0275. The van der Waals surface area contributed by atoms with Gasteiger partial charge in [-0.1, -0.05) is 18.2 Å². The first-order valence-electron chi connectivity index (χ1n) is 24.7. The van der Waals surface area contributed by atoms with E-state index in [-0.39, 0.29) is 107 Å². The molecule has 9 rings (SSSR count). The number of thiophene rings is 1. The Kier molecular flexibility index (Phi) is 16.9. The van der Waals surface area contributed by atoms with Crippen molar-refractivity contribution in [1.29, 1.82) is 0 Å². The molecule has 6 heterocycles. The summed E-state index contributed by atoms with van der Waals surface area (Å²) in [4.78, 5) is 102. The van der Waals surface area contributed by atoms with Crippen LogP contribution >= 0.6 is 22.9 Å². The van der Waals surface area contributed by atoms with Crippen molar-refractivity contribution in [3.05, 3.63) is 106 Å². The molecule has 0 bridgehead atoms. The molecule has 3 aromatic heterocycles. The number of amides is 7. The van der Waals surface area contributed by atoms with Gasteiger partial charge >= 0.3 is 6.09 Å². The highest BCUT2D eigenvalue weighted by atomic mass is 35.5. The number of piperazine rings is 1. The Morgan fingerprint density at radius 2 is 1.47 bits per heavy atom. The summed E-state index contributed by atoms with van der Waals surface area (Å²) in [5.41, 5.74) is 6.14. The minimum absolute atomic E-state index is 0.0114. The number of aromatic nitrogens is 2. The number of anilines is 2. The van der Waals surface area contributed by atoms with Crippen LogP contribution < -0.4 is 15.5 Å². The number of aryl methyl sites for hydroxylation is 1. The number of rotatable bonds is 23. The molecule has 1 saturated heterocycles. The van der Waals surface area contributed by atoms with Crippen LogP contribution in [0.25, 0.3) is 31.9 Å². The van der Waals surface area contributed by atoms with Crippen LogP contribution in [0.4, 0.5) is 16.2 Å². The van der Waals surface area contributed by atoms with E-state index in [0.717, 1.165) is 42.4 Å². The minimum Gasteiger partial charge on any atom is -0.465 e. The Labute approximate surface area is 439 Å². The zero-order valence-corrected chi connectivity index (χ0v) is 42.8. The summed E-state index contributed by atoms with van der Waals surface area (Å²) >= 11 is 8.16. The zero-order chi connectivity index (χ0) is 52.6. The van der Waals surface area contributed by atoms with Gasteiger partial charge in [0.1, 0.15) is 11.4 Å². The highest BCUT2D eigenvalue weighted by molar-refractivity contribution is 7.17. The SMILES string of the molecule is Cc1csc2c(C3CN(C(=O)CCOCCOCCOCCOCCNC(=O)CCN4C(=O)C=CC4=O)CCN3C(=O)O)cc3c(c12)[C@H](CCl)CN3C(=O)c1cc2cc(NC(=O)c3cc4ccccc4[nH]3)ccc2[nH]1. The summed E-state index contributed by atoms with van der Waals surface area (Å²) in [6.07, 6.45) is 1.34. The van der Waals surface area contributed by atoms with Crippen LogP contribution in [0, 0.1) is 6.92 Å². The van der Waals surface area contributed by atoms with Crippen LogP contribution in [0.2, 0.25) is 0 Å². The number of imide groups is 1. The maximum absolute atomic E-state index is 14.6. The molecular formula is C53H57ClN8O12S. The average molecular weight is 1070 g/mol. The second-order valence-corrected chi connectivity index (χ2v) is 19.5. The molecule has 394 valence electrons. The number of hydrogen-bond donors (Lipinski definition) is 5. The molecule has 3 aromatic carbocycles. The van der Waals surface area contributed by atoms with Gasteiger partial charge in [0.05, 0.1) is 65.3 Å². The highest BCUT2D eigenvalue weighted by Crippen LogP contribution is 2.49. The number of benzene rings is 3. The number of alkyl halides is 1. The number of nitrogens with one attached hydrogen (secondary N) is 4. The van der Waals surface area contributed by atoms with Crippen molar-refractivity contribution in [2.75, 3.05) is 108 Å². The van der Waals surface area contributed by atoms with Gasteiger partial charge in [0.25, 0.3) is 23.6 Å². The summed E-state index contributed by atoms with van der Waals surface area (Å²) in [5.74, 6) is -1.84. The van der Waals surface area contributed by atoms with Gasteiger partial charge in [0.15, 0.2) is 0 Å². The first kappa shape index (κ1) is 52.7. The molecule has 1 fully saturated rings. The van der Waals surface area contributed by atoms with E-state index < -0.39 is 23.9 Å². The number of aromatic amines is 2. The third-order valence-corrected chi connectivity index (χ3v) is 15.0. The van der Waals surface area contributed by atoms with Gasteiger partial charge in [-0.2, -0.15) is 0 Å². The third-order valence-electron chi connectivity index (χ3n) is 13.4. The molecule has 3 aliphatic heterocycles. The molecular weight excluding hydrogens is 1010 g/mol. The highest BCUT2D eigenvalue weighted by Gasteiger charge is 2.40. The molecule has 2 atom stereocenters. The first-order valence-corrected chi connectivity index (χ1v) is 26.1. The number of carbonyl (C=O) groups excluding carboxylic acids is 6. The summed E-state index contributed by atoms with van der Waals surface area (Å²) in [5, 5.41) is 20.8. The fourth-order valence-electron chi connectivity index (χ4n) is 9.69. The molecule has 0 saturated carbocycles. The van der Waals surface area contributed by atoms with Crippen LogP contribution in [-0.2, 0) is 38.1 Å². The zero-order valence-electron chi connectivity index (χ0n) is 41.2. The lowest BCUT2D eigenvalue weighted by Gasteiger charge is -2.40. The van der Waals surface area contributed by atoms with E-state index in [1.807, 2.05) is 54.8 Å². The topological polar surface area (TPSA) is 245 Å². The molecule has 1 unspecified atom stereocenters. The Bertz CT molecular complexity index is 3120. The van der Waals surface area contributed by atoms with Gasteiger partial charge in [-0.05, 0) is 71.5 Å². The number of nitrogens with zero attached hydrogens (tertiary/aromatic N) is 4. The van der Waals surface area contributed by atoms with Crippen molar-refractivity contribution in [2.24, 2.45) is 0 Å². The number of carbonyl (C=O) groups is 7. The predicted octanol–water partition coefficient (Wildman–Crippen LogP) is 6.16. The van der Waals surface area contributed by atoms with Crippen molar-refractivity contribution in [2.45, 2.75) is 31.7 Å². The molecule has 20 nitrogen and oxygen atoms in total. The number of para-hydroxylation sites is 1. The average Bonchev–Trinajstić information content (AvgIpc) is 4.26.